The molecule has 15 heteroatoms. The van der Waals surface area contributed by atoms with Crippen LogP contribution < -0.4 is 33.2 Å². The van der Waals surface area contributed by atoms with Crippen LogP contribution in [0.1, 0.15) is 39.5 Å². The van der Waals surface area contributed by atoms with Gasteiger partial charge in [-0.05, 0) is 12.3 Å². The van der Waals surface area contributed by atoms with Crippen LogP contribution in [0.25, 0.3) is 0 Å². The van der Waals surface area contributed by atoms with Gasteiger partial charge in [0.05, 0.1) is 18.9 Å². The maximum atomic E-state index is 12.6. The molecule has 0 spiro atoms. The van der Waals surface area contributed by atoms with Crippen molar-refractivity contribution in [3.63, 3.8) is 0 Å². The minimum Gasteiger partial charge on any atom is -0.481 e. The van der Waals surface area contributed by atoms with E-state index in [1.165, 1.54) is 13.8 Å². The summed E-state index contributed by atoms with van der Waals surface area (Å²) in [5.74, 6) is -8.21. The van der Waals surface area contributed by atoms with Crippen molar-refractivity contribution in [1.82, 2.24) is 16.0 Å². The summed E-state index contributed by atoms with van der Waals surface area (Å²) in [5.41, 5.74) is 15.6. The highest BCUT2D eigenvalue weighted by Gasteiger charge is 2.33. The summed E-state index contributed by atoms with van der Waals surface area (Å²) in [5, 5.41) is 24.7. The van der Waals surface area contributed by atoms with Crippen molar-refractivity contribution in [2.24, 2.45) is 23.1 Å². The van der Waals surface area contributed by atoms with Crippen LogP contribution >= 0.6 is 0 Å². The number of hydrogen-bond donors (Lipinski definition) is 8. The van der Waals surface area contributed by atoms with E-state index in [2.05, 4.69) is 16.0 Å². The predicted octanol–water partition coefficient (Wildman–Crippen LogP) is -3.88. The maximum Gasteiger partial charge on any atom is 0.326 e. The summed E-state index contributed by atoms with van der Waals surface area (Å²) in [7, 11) is 0. The average Bonchev–Trinajstić information content (AvgIpc) is 2.67. The van der Waals surface area contributed by atoms with Crippen molar-refractivity contribution in [2.45, 2.75) is 63.7 Å². The summed E-state index contributed by atoms with van der Waals surface area (Å²) in [4.78, 5) is 81.6. The van der Waals surface area contributed by atoms with Gasteiger partial charge < -0.3 is 43.4 Å². The first-order chi connectivity index (χ1) is 15.1. The third kappa shape index (κ3) is 11.4. The van der Waals surface area contributed by atoms with E-state index in [0.29, 0.717) is 0 Å². The van der Waals surface area contributed by atoms with Crippen LogP contribution in [0.15, 0.2) is 0 Å². The SMILES string of the molecule is CC(C)C(NC(=O)C(CC(=O)O)NC(=O)C(N)CCC(N)=O)C(=O)NC(CC(N)=O)C(=O)O. The number of rotatable bonds is 15. The lowest BCUT2D eigenvalue weighted by molar-refractivity contribution is -0.144. The lowest BCUT2D eigenvalue weighted by Gasteiger charge is -2.26. The van der Waals surface area contributed by atoms with Gasteiger partial charge in [-0.2, -0.15) is 0 Å². The molecule has 0 aliphatic carbocycles. The van der Waals surface area contributed by atoms with Crippen molar-refractivity contribution in [3.05, 3.63) is 0 Å². The molecule has 0 saturated heterocycles. The van der Waals surface area contributed by atoms with Crippen LogP contribution in [-0.2, 0) is 33.6 Å². The van der Waals surface area contributed by atoms with E-state index >= 15 is 0 Å². The first kappa shape index (κ1) is 29.2. The molecule has 15 nitrogen and oxygen atoms in total. The second-order valence-electron chi connectivity index (χ2n) is 7.57. The van der Waals surface area contributed by atoms with Gasteiger partial charge in [-0.25, -0.2) is 4.79 Å². The van der Waals surface area contributed by atoms with Crippen molar-refractivity contribution in [2.75, 3.05) is 0 Å². The number of hydrogen-bond acceptors (Lipinski definition) is 8. The monoisotopic (exact) mass is 474 g/mol. The van der Waals surface area contributed by atoms with Gasteiger partial charge in [-0.15, -0.1) is 0 Å². The third-order valence-corrected chi connectivity index (χ3v) is 4.32. The van der Waals surface area contributed by atoms with Crippen molar-refractivity contribution in [3.8, 4) is 0 Å². The van der Waals surface area contributed by atoms with Gasteiger partial charge in [0.15, 0.2) is 0 Å². The summed E-state index contributed by atoms with van der Waals surface area (Å²) < 4.78 is 0. The Hall–Kier alpha value is -3.75. The number of carboxylic acids is 2. The molecule has 0 saturated carbocycles. The molecule has 0 aliphatic rings. The molecule has 0 aliphatic heterocycles. The lowest BCUT2D eigenvalue weighted by atomic mass is 10.0. The van der Waals surface area contributed by atoms with Gasteiger partial charge in [0.2, 0.25) is 29.5 Å². The minimum atomic E-state index is -1.65. The topological polar surface area (TPSA) is 274 Å². The van der Waals surface area contributed by atoms with Gasteiger partial charge in [-0.3, -0.25) is 28.8 Å². The van der Waals surface area contributed by atoms with E-state index in [4.69, 9.17) is 27.4 Å². The van der Waals surface area contributed by atoms with Crippen LogP contribution in [0, 0.1) is 5.92 Å². The molecule has 0 fully saturated rings. The first-order valence-corrected chi connectivity index (χ1v) is 9.83. The van der Waals surface area contributed by atoms with Crippen molar-refractivity contribution < 1.29 is 43.8 Å². The predicted molar refractivity (Wildman–Crippen MR) is 111 cm³/mol. The van der Waals surface area contributed by atoms with Crippen LogP contribution in [0.5, 0.6) is 0 Å². The summed E-state index contributed by atoms with van der Waals surface area (Å²) in [6.45, 7) is 3.03. The largest absolute Gasteiger partial charge is 0.481 e. The summed E-state index contributed by atoms with van der Waals surface area (Å²) in [6, 6.07) is -5.88. The number of carbonyl (C=O) groups excluding carboxylic acids is 5. The Kier molecular flexibility index (Phi) is 12.1. The molecule has 0 rings (SSSR count). The Balaban J connectivity index is 5.43. The zero-order chi connectivity index (χ0) is 25.9. The maximum absolute atomic E-state index is 12.6. The van der Waals surface area contributed by atoms with Gasteiger partial charge in [0, 0.05) is 6.42 Å². The average molecular weight is 474 g/mol. The zero-order valence-corrected chi connectivity index (χ0v) is 18.2. The second kappa shape index (κ2) is 13.6. The highest BCUT2D eigenvalue weighted by molar-refractivity contribution is 5.96. The van der Waals surface area contributed by atoms with Crippen molar-refractivity contribution >= 4 is 41.5 Å². The number of aliphatic carboxylic acids is 2. The third-order valence-electron chi connectivity index (χ3n) is 4.32. The molecule has 4 unspecified atom stereocenters. The molecule has 0 aromatic carbocycles. The van der Waals surface area contributed by atoms with E-state index in [-0.39, 0.29) is 12.8 Å². The van der Waals surface area contributed by atoms with E-state index < -0.39 is 84.4 Å². The van der Waals surface area contributed by atoms with E-state index in [1.807, 2.05) is 0 Å². The Bertz CT molecular complexity index is 785. The number of nitrogens with two attached hydrogens (primary N) is 3. The number of amides is 5. The molecule has 0 aromatic rings. The molecule has 5 amide bonds. The van der Waals surface area contributed by atoms with E-state index in [1.54, 1.807) is 0 Å². The van der Waals surface area contributed by atoms with Crippen molar-refractivity contribution in [1.29, 1.82) is 0 Å². The fourth-order valence-electron chi connectivity index (χ4n) is 2.54. The smallest absolute Gasteiger partial charge is 0.326 e. The molecule has 0 heterocycles. The molecule has 0 aromatic heterocycles. The first-order valence-electron chi connectivity index (χ1n) is 9.83. The Morgan fingerprint density at radius 3 is 1.73 bits per heavy atom. The van der Waals surface area contributed by atoms with Crippen LogP contribution in [0.2, 0.25) is 0 Å². The van der Waals surface area contributed by atoms with Gasteiger partial charge in [-0.1, -0.05) is 13.8 Å². The van der Waals surface area contributed by atoms with Gasteiger partial charge in [0.1, 0.15) is 18.1 Å². The minimum absolute atomic E-state index is 0.143. The second-order valence-corrected chi connectivity index (χ2v) is 7.57. The van der Waals surface area contributed by atoms with E-state index in [9.17, 15) is 33.6 Å². The Morgan fingerprint density at radius 1 is 0.758 bits per heavy atom. The molecule has 11 N–H and O–H groups in total. The molecule has 4 atom stereocenters. The molecule has 186 valence electrons. The van der Waals surface area contributed by atoms with Crippen LogP contribution in [-0.4, -0.2) is 75.9 Å². The Labute approximate surface area is 188 Å². The zero-order valence-electron chi connectivity index (χ0n) is 18.2. The molecular weight excluding hydrogens is 444 g/mol. The quantitative estimate of drug-likeness (QED) is 0.114. The van der Waals surface area contributed by atoms with Crippen LogP contribution in [0.3, 0.4) is 0 Å². The number of carboxylic acid groups (broad SMARTS) is 2. The highest BCUT2D eigenvalue weighted by atomic mass is 16.4. The van der Waals surface area contributed by atoms with Gasteiger partial charge >= 0.3 is 11.9 Å². The van der Waals surface area contributed by atoms with E-state index in [0.717, 1.165) is 0 Å². The lowest BCUT2D eigenvalue weighted by Crippen LogP contribution is -2.59. The number of carbonyl (C=O) groups is 7. The molecule has 0 bridgehead atoms. The summed E-state index contributed by atoms with van der Waals surface area (Å²) >= 11 is 0. The number of nitrogens with one attached hydrogen (secondary N) is 3. The number of primary amides is 2. The van der Waals surface area contributed by atoms with Gasteiger partial charge in [0.25, 0.3) is 0 Å². The molecule has 33 heavy (non-hydrogen) atoms. The molecule has 0 radical (unpaired) electrons. The molecular formula is C18H30N6O9. The van der Waals surface area contributed by atoms with Crippen LogP contribution in [0.4, 0.5) is 0 Å². The summed E-state index contributed by atoms with van der Waals surface area (Å²) in [6.07, 6.45) is -1.90. The Morgan fingerprint density at radius 2 is 1.30 bits per heavy atom. The normalized spacial score (nSPS) is 14.3. The fraction of sp³-hybridized carbons (Fsp3) is 0.611. The highest BCUT2D eigenvalue weighted by Crippen LogP contribution is 2.06. The fourth-order valence-corrected chi connectivity index (χ4v) is 2.54. The standard InChI is InChI=1S/C18H30N6O9/c1-7(2)14(17(31)23-10(18(32)33)5-12(21)26)24-16(30)9(6-13(27)28)22-15(29)8(19)3-4-11(20)25/h7-10,14H,3-6,19H2,1-2H3,(H2,20,25)(H2,21,26)(H,22,29)(H,23,31)(H,24,30)(H,27,28)(H,32,33).